The van der Waals surface area contributed by atoms with Gasteiger partial charge in [0.1, 0.15) is 0 Å². The number of benzene rings is 1. The molecule has 1 amide bonds. The number of carbonyl (C=O) groups is 1. The van der Waals surface area contributed by atoms with E-state index >= 15 is 0 Å². The normalized spacial score (nSPS) is 12.8. The summed E-state index contributed by atoms with van der Waals surface area (Å²) in [4.78, 5) is 10.9. The van der Waals surface area contributed by atoms with Gasteiger partial charge in [0.15, 0.2) is 0 Å². The predicted octanol–water partition coefficient (Wildman–Crippen LogP) is 2.05. The Morgan fingerprint density at radius 3 is 2.94 bits per heavy atom. The third kappa shape index (κ3) is 3.38. The summed E-state index contributed by atoms with van der Waals surface area (Å²) in [6.07, 6.45) is 1.07. The zero-order valence-corrected chi connectivity index (χ0v) is 12.2. The van der Waals surface area contributed by atoms with Crippen LogP contribution in [0, 0.1) is 0 Å². The van der Waals surface area contributed by atoms with Gasteiger partial charge in [-0.25, -0.2) is 0 Å². The number of hydrogen-bond acceptors (Lipinski definition) is 2. The Morgan fingerprint density at radius 2 is 2.24 bits per heavy atom. The van der Waals surface area contributed by atoms with Crippen molar-refractivity contribution in [3.05, 3.63) is 34.8 Å². The van der Waals surface area contributed by atoms with Gasteiger partial charge in [-0.3, -0.25) is 0 Å². The second-order valence-corrected chi connectivity index (χ2v) is 7.82. The van der Waals surface area contributed by atoms with E-state index in [0.717, 1.165) is 12.2 Å². The van der Waals surface area contributed by atoms with E-state index in [4.69, 9.17) is 5.73 Å². The Labute approximate surface area is 111 Å². The average Bonchev–Trinajstić information content (AvgIpc) is 2.71. The van der Waals surface area contributed by atoms with Gasteiger partial charge in [0.25, 0.3) is 0 Å². The van der Waals surface area contributed by atoms with Crippen LogP contribution in [0.15, 0.2) is 30.3 Å². The van der Waals surface area contributed by atoms with Crippen LogP contribution >= 0.6 is 11.8 Å². The monoisotopic (exact) mass is 313 g/mol. The molecule has 17 heavy (non-hydrogen) atoms. The molecule has 0 aliphatic carbocycles. The van der Waals surface area contributed by atoms with Crippen molar-refractivity contribution in [2.75, 3.05) is 5.75 Å². The summed E-state index contributed by atoms with van der Waals surface area (Å²) in [7, 11) is 0. The number of thioether (sulfide) groups is 1. The number of rotatable bonds is 5. The van der Waals surface area contributed by atoms with E-state index in [9.17, 15) is 4.79 Å². The molecular formula is C13H15NOSSe. The van der Waals surface area contributed by atoms with Gasteiger partial charge >= 0.3 is 111 Å². The second-order valence-electron chi connectivity index (χ2n) is 3.92. The van der Waals surface area contributed by atoms with E-state index in [1.54, 1.807) is 11.8 Å². The molecule has 0 aliphatic rings. The van der Waals surface area contributed by atoms with Crippen molar-refractivity contribution in [1.29, 1.82) is 0 Å². The maximum atomic E-state index is 10.9. The molecule has 0 saturated carbocycles. The summed E-state index contributed by atoms with van der Waals surface area (Å²) in [5, 5.41) is 1.29. The standard InChI is InChI=1S/C13H15NOSSe/c1-9(13(14)15)16-7-6-11-8-10-4-2-3-5-12(10)17-11/h2-5,8-9H,6-7H2,1H3,(H2,14,15). The van der Waals surface area contributed by atoms with E-state index in [1.807, 2.05) is 6.92 Å². The molecule has 2 nitrogen and oxygen atoms in total. The van der Waals surface area contributed by atoms with Gasteiger partial charge < -0.3 is 0 Å². The van der Waals surface area contributed by atoms with Gasteiger partial charge in [0, 0.05) is 0 Å². The van der Waals surface area contributed by atoms with Crippen LogP contribution in [-0.2, 0) is 11.2 Å². The number of aryl methyl sites for hydroxylation is 1. The van der Waals surface area contributed by atoms with Crippen molar-refractivity contribution in [2.24, 2.45) is 5.73 Å². The molecule has 2 N–H and O–H groups in total. The number of nitrogens with two attached hydrogens (primary N) is 1. The Bertz CT molecular complexity index is 490. The third-order valence-corrected chi connectivity index (χ3v) is 6.23. The van der Waals surface area contributed by atoms with Crippen LogP contribution in [0.3, 0.4) is 0 Å². The summed E-state index contributed by atoms with van der Waals surface area (Å²) in [6, 6.07) is 10.9. The fourth-order valence-corrected chi connectivity index (χ4v) is 4.96. The molecule has 2 rings (SSSR count). The summed E-state index contributed by atoms with van der Waals surface area (Å²) in [6.45, 7) is 1.87. The molecule has 90 valence electrons. The number of carbonyl (C=O) groups excluding carboxylic acids is 1. The van der Waals surface area contributed by atoms with Crippen LogP contribution in [0.25, 0.3) is 9.65 Å². The van der Waals surface area contributed by atoms with Gasteiger partial charge in [-0.15, -0.1) is 0 Å². The molecular weight excluding hydrogens is 297 g/mol. The van der Waals surface area contributed by atoms with Gasteiger partial charge in [-0.05, 0) is 0 Å². The first-order chi connectivity index (χ1) is 8.16. The Balaban J connectivity index is 1.93. The van der Waals surface area contributed by atoms with Crippen molar-refractivity contribution in [3.63, 3.8) is 0 Å². The van der Waals surface area contributed by atoms with Crippen LogP contribution in [0.4, 0.5) is 0 Å². The fraction of sp³-hybridized carbons (Fsp3) is 0.308. The molecule has 1 atom stereocenters. The molecule has 0 spiro atoms. The molecule has 1 aromatic heterocycles. The fourth-order valence-electron chi connectivity index (χ4n) is 1.58. The molecule has 2 aromatic rings. The maximum absolute atomic E-state index is 10.9. The second kappa shape index (κ2) is 5.76. The molecule has 1 aromatic carbocycles. The van der Waals surface area contributed by atoms with Crippen LogP contribution in [0.1, 0.15) is 11.4 Å². The first-order valence-electron chi connectivity index (χ1n) is 5.55. The number of amides is 1. The van der Waals surface area contributed by atoms with Gasteiger partial charge in [0.05, 0.1) is 0 Å². The Hall–Kier alpha value is -0.701. The first-order valence-corrected chi connectivity index (χ1v) is 8.31. The summed E-state index contributed by atoms with van der Waals surface area (Å²) >= 11 is 2.12. The van der Waals surface area contributed by atoms with Crippen LogP contribution in [-0.4, -0.2) is 31.4 Å². The van der Waals surface area contributed by atoms with Crippen molar-refractivity contribution in [3.8, 4) is 0 Å². The van der Waals surface area contributed by atoms with Crippen molar-refractivity contribution in [1.82, 2.24) is 0 Å². The zero-order valence-electron chi connectivity index (χ0n) is 9.68. The molecule has 4 heteroatoms. The first kappa shape index (κ1) is 12.7. The Morgan fingerprint density at radius 1 is 1.47 bits per heavy atom. The minimum absolute atomic E-state index is 0.0770. The van der Waals surface area contributed by atoms with Gasteiger partial charge in [-0.2, -0.15) is 0 Å². The number of fused-ring (bicyclic) bond motifs is 1. The third-order valence-electron chi connectivity index (χ3n) is 2.59. The molecule has 0 radical (unpaired) electrons. The quantitative estimate of drug-likeness (QED) is 0.859. The molecule has 1 heterocycles. The molecule has 0 saturated heterocycles. The predicted molar refractivity (Wildman–Crippen MR) is 75.7 cm³/mol. The van der Waals surface area contributed by atoms with Crippen molar-refractivity contribution >= 4 is 41.8 Å². The van der Waals surface area contributed by atoms with Crippen LogP contribution in [0.2, 0.25) is 0 Å². The van der Waals surface area contributed by atoms with E-state index in [1.165, 1.54) is 14.1 Å². The number of hydrogen-bond donors (Lipinski definition) is 1. The summed E-state index contributed by atoms with van der Waals surface area (Å²) in [5.74, 6) is 0.760. The van der Waals surface area contributed by atoms with Gasteiger partial charge in [-0.1, -0.05) is 0 Å². The van der Waals surface area contributed by atoms with E-state index in [-0.39, 0.29) is 11.2 Å². The molecule has 0 aliphatic heterocycles. The zero-order chi connectivity index (χ0) is 12.3. The van der Waals surface area contributed by atoms with E-state index in [2.05, 4.69) is 30.3 Å². The minimum atomic E-state index is -0.218. The summed E-state index contributed by atoms with van der Waals surface area (Å²) < 4.78 is 2.99. The molecule has 1 unspecified atom stereocenters. The van der Waals surface area contributed by atoms with Crippen LogP contribution < -0.4 is 5.73 Å². The Kier molecular flexibility index (Phi) is 4.32. The molecule has 0 bridgehead atoms. The van der Waals surface area contributed by atoms with E-state index in [0.29, 0.717) is 14.5 Å². The topological polar surface area (TPSA) is 43.1 Å². The van der Waals surface area contributed by atoms with E-state index < -0.39 is 0 Å². The van der Waals surface area contributed by atoms with Crippen molar-refractivity contribution in [2.45, 2.75) is 18.6 Å². The SMILES string of the molecule is CC(SCCc1cc2ccccc2[se]1)C(N)=O. The average molecular weight is 312 g/mol. The summed E-state index contributed by atoms with van der Waals surface area (Å²) in [5.41, 5.74) is 5.23. The molecule has 0 fully saturated rings. The number of primary amides is 1. The van der Waals surface area contributed by atoms with Crippen LogP contribution in [0.5, 0.6) is 0 Å². The van der Waals surface area contributed by atoms with Crippen molar-refractivity contribution < 1.29 is 4.79 Å². The van der Waals surface area contributed by atoms with Gasteiger partial charge in [0.2, 0.25) is 0 Å².